The molecule has 1 heterocycles. The Balaban J connectivity index is 1.43. The molecule has 8 nitrogen and oxygen atoms in total. The van der Waals surface area contributed by atoms with Gasteiger partial charge in [0.1, 0.15) is 11.5 Å². The Morgan fingerprint density at radius 1 is 0.742 bits per heavy atom. The first kappa shape index (κ1) is 19.7. The number of anilines is 1. The van der Waals surface area contributed by atoms with Gasteiger partial charge in [-0.2, -0.15) is 0 Å². The first-order valence-corrected chi connectivity index (χ1v) is 9.15. The summed E-state index contributed by atoms with van der Waals surface area (Å²) in [6, 6.07) is 18.3. The maximum absolute atomic E-state index is 12.5. The molecule has 3 aromatic rings. The molecule has 0 atom stereocenters. The normalized spacial score (nSPS) is 12.8. The Kier molecular flexibility index (Phi) is 5.11. The maximum atomic E-state index is 12.5. The lowest BCUT2D eigenvalue weighted by atomic mass is 10.0. The molecule has 0 aliphatic carbocycles. The number of carbonyl (C=O) groups is 3. The summed E-state index contributed by atoms with van der Waals surface area (Å²) in [6.45, 7) is 0. The van der Waals surface area contributed by atoms with Gasteiger partial charge in [-0.3, -0.25) is 24.5 Å². The van der Waals surface area contributed by atoms with Crippen molar-refractivity contribution in [2.24, 2.45) is 0 Å². The number of ketones is 1. The summed E-state index contributed by atoms with van der Waals surface area (Å²) in [5, 5.41) is 10.7. The number of non-ortho nitro benzene ring substituents is 1. The van der Waals surface area contributed by atoms with Crippen molar-refractivity contribution in [3.8, 4) is 11.5 Å². The van der Waals surface area contributed by atoms with E-state index in [2.05, 4.69) is 0 Å². The predicted molar refractivity (Wildman–Crippen MR) is 111 cm³/mol. The molecule has 3 aromatic carbocycles. The van der Waals surface area contributed by atoms with Crippen molar-refractivity contribution in [3.63, 3.8) is 0 Å². The molecule has 1 aliphatic rings. The summed E-state index contributed by atoms with van der Waals surface area (Å²) in [5.41, 5.74) is 1.11. The van der Waals surface area contributed by atoms with Crippen LogP contribution in [0.5, 0.6) is 11.5 Å². The van der Waals surface area contributed by atoms with E-state index in [4.69, 9.17) is 4.74 Å². The van der Waals surface area contributed by atoms with E-state index in [0.717, 1.165) is 4.90 Å². The molecule has 0 unspecified atom stereocenters. The second-order valence-electron chi connectivity index (χ2n) is 6.60. The van der Waals surface area contributed by atoms with E-state index < -0.39 is 16.7 Å². The van der Waals surface area contributed by atoms with E-state index in [1.165, 1.54) is 36.4 Å². The van der Waals surface area contributed by atoms with Crippen molar-refractivity contribution in [1.29, 1.82) is 0 Å². The molecule has 0 fully saturated rings. The van der Waals surface area contributed by atoms with Crippen molar-refractivity contribution in [2.75, 3.05) is 4.90 Å². The minimum atomic E-state index is -0.523. The fraction of sp³-hybridized carbons (Fsp3) is 0. The zero-order valence-electron chi connectivity index (χ0n) is 15.9. The molecule has 2 amide bonds. The number of ether oxygens (including phenoxy) is 1. The van der Waals surface area contributed by atoms with E-state index in [9.17, 15) is 24.5 Å². The second kappa shape index (κ2) is 8.03. The topological polar surface area (TPSA) is 107 Å². The minimum Gasteiger partial charge on any atom is -0.457 e. The van der Waals surface area contributed by atoms with Gasteiger partial charge in [0, 0.05) is 35.4 Å². The molecule has 8 heteroatoms. The standard InChI is InChI=1S/C23H14N2O6/c26-21-13-14-22(27)24(21)17-7-11-20(12-8-17)31-19-9-3-16(4-10-19)23(28)15-1-5-18(6-2-15)25(29)30/h1-14H. The van der Waals surface area contributed by atoms with Gasteiger partial charge in [-0.05, 0) is 60.7 Å². The number of nitro benzene ring substituents is 1. The Labute approximate surface area is 176 Å². The maximum Gasteiger partial charge on any atom is 0.269 e. The average molecular weight is 414 g/mol. The number of amides is 2. The highest BCUT2D eigenvalue weighted by molar-refractivity contribution is 6.28. The molecule has 0 radical (unpaired) electrons. The van der Waals surface area contributed by atoms with Crippen LogP contribution in [0.4, 0.5) is 11.4 Å². The third kappa shape index (κ3) is 4.08. The van der Waals surface area contributed by atoms with E-state index in [1.54, 1.807) is 48.5 Å². The van der Waals surface area contributed by atoms with Gasteiger partial charge in [0.2, 0.25) is 0 Å². The quantitative estimate of drug-likeness (QED) is 0.261. The van der Waals surface area contributed by atoms with Crippen molar-refractivity contribution in [2.45, 2.75) is 0 Å². The monoisotopic (exact) mass is 414 g/mol. The molecule has 152 valence electrons. The lowest BCUT2D eigenvalue weighted by molar-refractivity contribution is -0.384. The summed E-state index contributed by atoms with van der Waals surface area (Å²) in [5.74, 6) is -0.0773. The highest BCUT2D eigenvalue weighted by Crippen LogP contribution is 2.26. The number of nitro groups is 1. The number of carbonyl (C=O) groups excluding carboxylic acids is 3. The van der Waals surface area contributed by atoms with Gasteiger partial charge in [0.15, 0.2) is 5.78 Å². The highest BCUT2D eigenvalue weighted by atomic mass is 16.6. The molecular weight excluding hydrogens is 400 g/mol. The van der Waals surface area contributed by atoms with Crippen molar-refractivity contribution in [1.82, 2.24) is 0 Å². The van der Waals surface area contributed by atoms with Crippen LogP contribution in [0.3, 0.4) is 0 Å². The number of imide groups is 1. The largest absolute Gasteiger partial charge is 0.457 e. The summed E-state index contributed by atoms with van der Waals surface area (Å²) in [4.78, 5) is 47.3. The van der Waals surface area contributed by atoms with E-state index in [1.807, 2.05) is 0 Å². The smallest absolute Gasteiger partial charge is 0.269 e. The second-order valence-corrected chi connectivity index (χ2v) is 6.60. The molecule has 0 spiro atoms. The van der Waals surface area contributed by atoms with E-state index in [0.29, 0.717) is 28.3 Å². The van der Waals surface area contributed by atoms with Crippen LogP contribution in [0.2, 0.25) is 0 Å². The first-order valence-electron chi connectivity index (χ1n) is 9.15. The zero-order chi connectivity index (χ0) is 22.0. The number of nitrogens with zero attached hydrogens (tertiary/aromatic N) is 2. The number of hydrogen-bond donors (Lipinski definition) is 0. The van der Waals surface area contributed by atoms with Crippen LogP contribution in [-0.2, 0) is 9.59 Å². The first-order chi connectivity index (χ1) is 14.9. The minimum absolute atomic E-state index is 0.0824. The SMILES string of the molecule is O=C(c1ccc(Oc2ccc(N3C(=O)C=CC3=O)cc2)cc1)c1ccc([N+](=O)[O-])cc1. The third-order valence-corrected chi connectivity index (χ3v) is 4.60. The molecule has 0 N–H and O–H groups in total. The zero-order valence-corrected chi connectivity index (χ0v) is 15.9. The van der Waals surface area contributed by atoms with E-state index in [-0.39, 0.29) is 11.5 Å². The lowest BCUT2D eigenvalue weighted by Gasteiger charge is -2.14. The van der Waals surface area contributed by atoms with Crippen LogP contribution in [0, 0.1) is 10.1 Å². The summed E-state index contributed by atoms with van der Waals surface area (Å²) in [7, 11) is 0. The molecule has 0 saturated heterocycles. The molecule has 31 heavy (non-hydrogen) atoms. The van der Waals surface area contributed by atoms with Gasteiger partial charge in [0.05, 0.1) is 10.6 Å². The van der Waals surface area contributed by atoms with Gasteiger partial charge in [0.25, 0.3) is 17.5 Å². The van der Waals surface area contributed by atoms with Gasteiger partial charge in [-0.25, -0.2) is 4.90 Å². The van der Waals surface area contributed by atoms with Crippen molar-refractivity contribution < 1.29 is 24.0 Å². The van der Waals surface area contributed by atoms with Gasteiger partial charge in [-0.1, -0.05) is 0 Å². The number of rotatable bonds is 6. The molecule has 0 aromatic heterocycles. The molecule has 1 aliphatic heterocycles. The molecule has 0 saturated carbocycles. The fourth-order valence-corrected chi connectivity index (χ4v) is 3.03. The molecular formula is C23H14N2O6. The van der Waals surface area contributed by atoms with Crippen LogP contribution in [0.25, 0.3) is 0 Å². The van der Waals surface area contributed by atoms with Crippen LogP contribution in [0.1, 0.15) is 15.9 Å². The van der Waals surface area contributed by atoms with Crippen molar-refractivity contribution in [3.05, 3.63) is 106 Å². The van der Waals surface area contributed by atoms with Crippen LogP contribution in [0.15, 0.2) is 84.9 Å². The fourth-order valence-electron chi connectivity index (χ4n) is 3.03. The van der Waals surface area contributed by atoms with Gasteiger partial charge >= 0.3 is 0 Å². The average Bonchev–Trinajstić information content (AvgIpc) is 3.12. The summed E-state index contributed by atoms with van der Waals surface area (Å²) in [6.07, 6.45) is 2.43. The Hall–Kier alpha value is -4.59. The highest BCUT2D eigenvalue weighted by Gasteiger charge is 2.24. The Morgan fingerprint density at radius 3 is 1.68 bits per heavy atom. The van der Waals surface area contributed by atoms with Crippen LogP contribution >= 0.6 is 0 Å². The van der Waals surface area contributed by atoms with Gasteiger partial charge < -0.3 is 4.74 Å². The van der Waals surface area contributed by atoms with E-state index >= 15 is 0 Å². The number of hydrogen-bond acceptors (Lipinski definition) is 6. The third-order valence-electron chi connectivity index (χ3n) is 4.60. The summed E-state index contributed by atoms with van der Waals surface area (Å²) < 4.78 is 5.74. The molecule has 4 rings (SSSR count). The van der Waals surface area contributed by atoms with Crippen LogP contribution < -0.4 is 9.64 Å². The Bertz CT molecular complexity index is 1190. The summed E-state index contributed by atoms with van der Waals surface area (Å²) >= 11 is 0. The molecule has 0 bridgehead atoms. The van der Waals surface area contributed by atoms with Crippen molar-refractivity contribution >= 4 is 29.0 Å². The number of benzene rings is 3. The van der Waals surface area contributed by atoms with Crippen LogP contribution in [-0.4, -0.2) is 22.5 Å². The predicted octanol–water partition coefficient (Wildman–Crippen LogP) is 4.05. The lowest BCUT2D eigenvalue weighted by Crippen LogP contribution is -2.29. The van der Waals surface area contributed by atoms with Gasteiger partial charge in [-0.15, -0.1) is 0 Å². The Morgan fingerprint density at radius 2 is 1.19 bits per heavy atom.